The summed E-state index contributed by atoms with van der Waals surface area (Å²) in [7, 11) is 0. The second-order valence-electron chi connectivity index (χ2n) is 5.70. The van der Waals surface area contributed by atoms with Gasteiger partial charge in [0.1, 0.15) is 18.2 Å². The minimum atomic E-state index is -0.455. The van der Waals surface area contributed by atoms with Crippen LogP contribution in [0.1, 0.15) is 25.3 Å². The van der Waals surface area contributed by atoms with Gasteiger partial charge in [-0.1, -0.05) is 0 Å². The Kier molecular flexibility index (Phi) is 6.96. The third-order valence-corrected chi connectivity index (χ3v) is 3.87. The van der Waals surface area contributed by atoms with Gasteiger partial charge in [0.15, 0.2) is 5.96 Å². The van der Waals surface area contributed by atoms with Gasteiger partial charge >= 0.3 is 0 Å². The molecule has 1 fully saturated rings. The molecule has 1 aliphatic heterocycles. The van der Waals surface area contributed by atoms with E-state index in [4.69, 9.17) is 0 Å². The van der Waals surface area contributed by atoms with E-state index in [-0.39, 0.29) is 12.5 Å². The topological polar surface area (TPSA) is 56.7 Å². The standard InChI is InChI=1S/C17H24F2N4O/c1-2-20-17(22-12-16(24)23-9-3-4-10-23)21-8-7-13-11-14(18)5-6-15(13)19/h5-6,11H,2-4,7-10,12H2,1H3,(H2,20,21,22). The molecule has 7 heteroatoms. The van der Waals surface area contributed by atoms with E-state index in [9.17, 15) is 13.6 Å². The van der Waals surface area contributed by atoms with Crippen LogP contribution < -0.4 is 10.6 Å². The average molecular weight is 338 g/mol. The smallest absolute Gasteiger partial charge is 0.244 e. The Morgan fingerprint density at radius 1 is 1.25 bits per heavy atom. The minimum absolute atomic E-state index is 0.0147. The number of benzene rings is 1. The fourth-order valence-electron chi connectivity index (χ4n) is 2.61. The number of amides is 1. The van der Waals surface area contributed by atoms with Crippen molar-refractivity contribution in [1.82, 2.24) is 15.5 Å². The van der Waals surface area contributed by atoms with E-state index < -0.39 is 11.6 Å². The van der Waals surface area contributed by atoms with Crippen LogP contribution in [0.25, 0.3) is 0 Å². The first-order valence-corrected chi connectivity index (χ1v) is 8.34. The molecule has 0 aromatic heterocycles. The summed E-state index contributed by atoms with van der Waals surface area (Å²) < 4.78 is 26.7. The molecule has 1 aromatic rings. The van der Waals surface area contributed by atoms with Gasteiger partial charge in [0.25, 0.3) is 0 Å². The van der Waals surface area contributed by atoms with Gasteiger partial charge in [-0.2, -0.15) is 0 Å². The zero-order valence-electron chi connectivity index (χ0n) is 13.9. The van der Waals surface area contributed by atoms with Crippen LogP contribution >= 0.6 is 0 Å². The van der Waals surface area contributed by atoms with Crippen molar-refractivity contribution in [2.24, 2.45) is 4.99 Å². The fraction of sp³-hybridized carbons (Fsp3) is 0.529. The lowest BCUT2D eigenvalue weighted by atomic mass is 10.1. The molecule has 1 aromatic carbocycles. The first kappa shape index (κ1) is 18.2. The zero-order chi connectivity index (χ0) is 17.4. The van der Waals surface area contributed by atoms with E-state index >= 15 is 0 Å². The van der Waals surface area contributed by atoms with Gasteiger partial charge in [0.2, 0.25) is 5.91 Å². The van der Waals surface area contributed by atoms with Crippen molar-refractivity contribution < 1.29 is 13.6 Å². The summed E-state index contributed by atoms with van der Waals surface area (Å²) in [6.45, 7) is 4.66. The third-order valence-electron chi connectivity index (χ3n) is 3.87. The van der Waals surface area contributed by atoms with Crippen molar-refractivity contribution in [3.63, 3.8) is 0 Å². The molecule has 0 bridgehead atoms. The van der Waals surface area contributed by atoms with Crippen LogP contribution in [0.2, 0.25) is 0 Å². The molecule has 0 unspecified atom stereocenters. The average Bonchev–Trinajstić information content (AvgIpc) is 3.10. The number of nitrogens with zero attached hydrogens (tertiary/aromatic N) is 2. The molecule has 5 nitrogen and oxygen atoms in total. The molecule has 0 aliphatic carbocycles. The van der Waals surface area contributed by atoms with Gasteiger partial charge in [-0.3, -0.25) is 4.79 Å². The number of nitrogens with one attached hydrogen (secondary N) is 2. The number of carbonyl (C=O) groups is 1. The highest BCUT2D eigenvalue weighted by Gasteiger charge is 2.17. The summed E-state index contributed by atoms with van der Waals surface area (Å²) in [5.74, 6) is -0.365. The first-order chi connectivity index (χ1) is 11.6. The summed E-state index contributed by atoms with van der Waals surface area (Å²) in [6, 6.07) is 3.42. The van der Waals surface area contributed by atoms with E-state index in [1.807, 2.05) is 11.8 Å². The number of likely N-dealkylation sites (tertiary alicyclic amines) is 1. The normalized spacial score (nSPS) is 14.8. The van der Waals surface area contributed by atoms with Crippen molar-refractivity contribution >= 4 is 11.9 Å². The minimum Gasteiger partial charge on any atom is -0.357 e. The lowest BCUT2D eigenvalue weighted by Gasteiger charge is -2.15. The second-order valence-corrected chi connectivity index (χ2v) is 5.70. The molecule has 0 spiro atoms. The Bertz CT molecular complexity index is 586. The summed E-state index contributed by atoms with van der Waals surface area (Å²) >= 11 is 0. The molecular weight excluding hydrogens is 314 g/mol. The quantitative estimate of drug-likeness (QED) is 0.613. The summed E-state index contributed by atoms with van der Waals surface area (Å²) in [5, 5.41) is 6.08. The predicted octanol–water partition coefficient (Wildman–Crippen LogP) is 1.68. The van der Waals surface area contributed by atoms with Crippen LogP contribution in [0.5, 0.6) is 0 Å². The Hall–Kier alpha value is -2.18. The first-order valence-electron chi connectivity index (χ1n) is 8.34. The van der Waals surface area contributed by atoms with Gasteiger partial charge in [0.05, 0.1) is 0 Å². The van der Waals surface area contributed by atoms with E-state index in [2.05, 4.69) is 15.6 Å². The zero-order valence-corrected chi connectivity index (χ0v) is 13.9. The second kappa shape index (κ2) is 9.20. The highest BCUT2D eigenvalue weighted by molar-refractivity contribution is 5.85. The van der Waals surface area contributed by atoms with Crippen molar-refractivity contribution in [3.8, 4) is 0 Å². The van der Waals surface area contributed by atoms with Gasteiger partial charge in [-0.05, 0) is 49.9 Å². The van der Waals surface area contributed by atoms with E-state index in [0.29, 0.717) is 31.0 Å². The predicted molar refractivity (Wildman–Crippen MR) is 89.9 cm³/mol. The fourth-order valence-corrected chi connectivity index (χ4v) is 2.61. The molecule has 132 valence electrons. The number of guanidine groups is 1. The van der Waals surface area contributed by atoms with Gasteiger partial charge < -0.3 is 15.5 Å². The summed E-state index contributed by atoms with van der Waals surface area (Å²) in [4.78, 5) is 18.1. The highest BCUT2D eigenvalue weighted by Crippen LogP contribution is 2.10. The van der Waals surface area contributed by atoms with E-state index in [0.717, 1.165) is 38.1 Å². The molecule has 0 saturated carbocycles. The number of halogens is 2. The Labute approximate surface area is 141 Å². The maximum Gasteiger partial charge on any atom is 0.244 e. The van der Waals surface area contributed by atoms with Crippen LogP contribution in [-0.4, -0.2) is 49.5 Å². The number of rotatable bonds is 6. The molecule has 2 N–H and O–H groups in total. The van der Waals surface area contributed by atoms with Crippen LogP contribution in [0, 0.1) is 11.6 Å². The lowest BCUT2D eigenvalue weighted by molar-refractivity contribution is -0.128. The number of hydrogen-bond donors (Lipinski definition) is 2. The van der Waals surface area contributed by atoms with E-state index in [1.54, 1.807) is 0 Å². The highest BCUT2D eigenvalue weighted by atomic mass is 19.1. The molecule has 1 heterocycles. The Morgan fingerprint density at radius 2 is 2.00 bits per heavy atom. The maximum absolute atomic E-state index is 13.6. The monoisotopic (exact) mass is 338 g/mol. The Balaban J connectivity index is 1.84. The van der Waals surface area contributed by atoms with Crippen molar-refractivity contribution in [1.29, 1.82) is 0 Å². The van der Waals surface area contributed by atoms with E-state index in [1.165, 1.54) is 6.07 Å². The van der Waals surface area contributed by atoms with Crippen molar-refractivity contribution in [2.45, 2.75) is 26.2 Å². The molecular formula is C17H24F2N4O. The van der Waals surface area contributed by atoms with Crippen LogP contribution in [0.4, 0.5) is 8.78 Å². The summed E-state index contributed by atoms with van der Waals surface area (Å²) in [6.07, 6.45) is 2.42. The molecule has 2 rings (SSSR count). The SMILES string of the molecule is CCNC(=NCC(=O)N1CCCC1)NCCc1cc(F)ccc1F. The third kappa shape index (κ3) is 5.47. The van der Waals surface area contributed by atoms with Crippen LogP contribution in [0.15, 0.2) is 23.2 Å². The molecule has 1 aliphatic rings. The van der Waals surface area contributed by atoms with Crippen LogP contribution in [0.3, 0.4) is 0 Å². The largest absolute Gasteiger partial charge is 0.357 e. The molecule has 1 amide bonds. The molecule has 24 heavy (non-hydrogen) atoms. The molecule has 1 saturated heterocycles. The number of carbonyl (C=O) groups excluding carboxylic acids is 1. The lowest BCUT2D eigenvalue weighted by Crippen LogP contribution is -2.39. The van der Waals surface area contributed by atoms with Crippen molar-refractivity contribution in [3.05, 3.63) is 35.4 Å². The van der Waals surface area contributed by atoms with Crippen LogP contribution in [-0.2, 0) is 11.2 Å². The van der Waals surface area contributed by atoms with Gasteiger partial charge in [-0.25, -0.2) is 13.8 Å². The number of aliphatic imine (C=N–C) groups is 1. The van der Waals surface area contributed by atoms with Gasteiger partial charge in [-0.15, -0.1) is 0 Å². The Morgan fingerprint density at radius 3 is 2.71 bits per heavy atom. The summed E-state index contributed by atoms with van der Waals surface area (Å²) in [5.41, 5.74) is 0.312. The molecule has 0 atom stereocenters. The molecule has 0 radical (unpaired) electrons. The number of hydrogen-bond acceptors (Lipinski definition) is 2. The van der Waals surface area contributed by atoms with Gasteiger partial charge in [0, 0.05) is 26.2 Å². The van der Waals surface area contributed by atoms with Crippen molar-refractivity contribution in [2.75, 3.05) is 32.7 Å². The maximum atomic E-state index is 13.6.